The second-order valence-electron chi connectivity index (χ2n) is 4.25. The third-order valence-corrected chi connectivity index (χ3v) is 4.34. The minimum atomic E-state index is 0.186. The molecular weight excluding hydrogens is 196 g/mol. The summed E-state index contributed by atoms with van der Waals surface area (Å²) in [6, 6.07) is 0.186. The summed E-state index contributed by atoms with van der Waals surface area (Å²) in [5.41, 5.74) is 5.90. The first-order chi connectivity index (χ1) is 6.77. The van der Waals surface area contributed by atoms with Gasteiger partial charge in [0.1, 0.15) is 0 Å². The van der Waals surface area contributed by atoms with Crippen molar-refractivity contribution in [2.75, 3.05) is 12.3 Å². The molecular formula is C10H18N2OS. The Morgan fingerprint density at radius 2 is 2.29 bits per heavy atom. The van der Waals surface area contributed by atoms with Gasteiger partial charge in [-0.15, -0.1) is 11.8 Å². The Kier molecular flexibility index (Phi) is 3.34. The van der Waals surface area contributed by atoms with Crippen LogP contribution in [-0.2, 0) is 4.79 Å². The molecule has 1 saturated heterocycles. The van der Waals surface area contributed by atoms with Crippen LogP contribution in [0, 0.1) is 5.92 Å². The van der Waals surface area contributed by atoms with Crippen molar-refractivity contribution in [2.24, 2.45) is 11.7 Å². The molecule has 2 unspecified atom stereocenters. The van der Waals surface area contributed by atoms with E-state index in [1.165, 1.54) is 19.3 Å². The minimum absolute atomic E-state index is 0.186. The van der Waals surface area contributed by atoms with Crippen LogP contribution in [0.3, 0.4) is 0 Å². The van der Waals surface area contributed by atoms with Crippen molar-refractivity contribution in [2.45, 2.75) is 37.0 Å². The number of nitrogens with one attached hydrogen (secondary N) is 1. The van der Waals surface area contributed by atoms with Crippen molar-refractivity contribution in [1.82, 2.24) is 5.32 Å². The Labute approximate surface area is 89.2 Å². The largest absolute Gasteiger partial charge is 0.354 e. The lowest BCUT2D eigenvalue weighted by molar-refractivity contribution is -0.120. The van der Waals surface area contributed by atoms with Gasteiger partial charge in [0.05, 0.1) is 5.25 Å². The molecule has 14 heavy (non-hydrogen) atoms. The SMILES string of the molecule is NC(CNC(=O)C1CCCS1)C1CC1. The van der Waals surface area contributed by atoms with Crippen LogP contribution in [0.4, 0.5) is 0 Å². The zero-order chi connectivity index (χ0) is 9.97. The van der Waals surface area contributed by atoms with E-state index in [1.54, 1.807) is 11.8 Å². The van der Waals surface area contributed by atoms with Crippen LogP contribution in [0.1, 0.15) is 25.7 Å². The molecule has 0 spiro atoms. The molecule has 0 bridgehead atoms. The number of thioether (sulfide) groups is 1. The van der Waals surface area contributed by atoms with Gasteiger partial charge < -0.3 is 11.1 Å². The van der Waals surface area contributed by atoms with Crippen molar-refractivity contribution in [3.63, 3.8) is 0 Å². The van der Waals surface area contributed by atoms with E-state index in [0.29, 0.717) is 12.5 Å². The summed E-state index contributed by atoms with van der Waals surface area (Å²) in [6.45, 7) is 0.667. The molecule has 1 aliphatic carbocycles. The van der Waals surface area contributed by atoms with Crippen LogP contribution in [0.5, 0.6) is 0 Å². The third-order valence-electron chi connectivity index (χ3n) is 2.96. The van der Waals surface area contributed by atoms with Gasteiger partial charge in [0.15, 0.2) is 0 Å². The molecule has 2 rings (SSSR count). The quantitative estimate of drug-likeness (QED) is 0.725. The monoisotopic (exact) mass is 214 g/mol. The maximum absolute atomic E-state index is 11.6. The number of nitrogens with two attached hydrogens (primary N) is 1. The second kappa shape index (κ2) is 4.53. The highest BCUT2D eigenvalue weighted by molar-refractivity contribution is 8.00. The molecule has 0 radical (unpaired) electrons. The Hall–Kier alpha value is -0.220. The minimum Gasteiger partial charge on any atom is -0.354 e. The van der Waals surface area contributed by atoms with Crippen LogP contribution in [0.2, 0.25) is 0 Å². The maximum Gasteiger partial charge on any atom is 0.233 e. The van der Waals surface area contributed by atoms with E-state index in [2.05, 4.69) is 5.32 Å². The number of amides is 1. The Bertz CT molecular complexity index is 212. The first kappa shape index (κ1) is 10.3. The fraction of sp³-hybridized carbons (Fsp3) is 0.900. The normalized spacial score (nSPS) is 28.8. The topological polar surface area (TPSA) is 55.1 Å². The van der Waals surface area contributed by atoms with Crippen molar-refractivity contribution in [1.29, 1.82) is 0 Å². The van der Waals surface area contributed by atoms with Gasteiger partial charge in [-0.2, -0.15) is 0 Å². The van der Waals surface area contributed by atoms with Gasteiger partial charge in [-0.3, -0.25) is 4.79 Å². The van der Waals surface area contributed by atoms with Crippen LogP contribution in [-0.4, -0.2) is 29.5 Å². The van der Waals surface area contributed by atoms with E-state index in [0.717, 1.165) is 12.2 Å². The average molecular weight is 214 g/mol. The van der Waals surface area contributed by atoms with Gasteiger partial charge in [0.25, 0.3) is 0 Å². The Morgan fingerprint density at radius 3 is 2.86 bits per heavy atom. The van der Waals surface area contributed by atoms with Crippen molar-refractivity contribution >= 4 is 17.7 Å². The van der Waals surface area contributed by atoms with E-state index < -0.39 is 0 Å². The molecule has 3 nitrogen and oxygen atoms in total. The van der Waals surface area contributed by atoms with E-state index in [4.69, 9.17) is 5.73 Å². The number of rotatable bonds is 4. The average Bonchev–Trinajstić information content (AvgIpc) is 2.90. The predicted octanol–water partition coefficient (Wildman–Crippen LogP) is 0.735. The first-order valence-electron chi connectivity index (χ1n) is 5.42. The molecule has 3 N–H and O–H groups in total. The molecule has 4 heteroatoms. The van der Waals surface area contributed by atoms with Crippen LogP contribution in [0.15, 0.2) is 0 Å². The van der Waals surface area contributed by atoms with Crippen LogP contribution in [0.25, 0.3) is 0 Å². The molecule has 1 heterocycles. The molecule has 0 aromatic carbocycles. The third kappa shape index (κ3) is 2.64. The lowest BCUT2D eigenvalue weighted by Crippen LogP contribution is -2.41. The molecule has 0 aromatic heterocycles. The number of hydrogen-bond donors (Lipinski definition) is 2. The molecule has 2 aliphatic rings. The van der Waals surface area contributed by atoms with Gasteiger partial charge in [-0.25, -0.2) is 0 Å². The number of carbonyl (C=O) groups excluding carboxylic acids is 1. The summed E-state index contributed by atoms with van der Waals surface area (Å²) in [5.74, 6) is 2.00. The Balaban J connectivity index is 1.66. The summed E-state index contributed by atoms with van der Waals surface area (Å²) < 4.78 is 0. The highest BCUT2D eigenvalue weighted by atomic mass is 32.2. The standard InChI is InChI=1S/C10H18N2OS/c11-8(7-3-4-7)6-12-10(13)9-2-1-5-14-9/h7-9H,1-6,11H2,(H,12,13). The molecule has 1 amide bonds. The summed E-state index contributed by atoms with van der Waals surface area (Å²) >= 11 is 1.77. The van der Waals surface area contributed by atoms with E-state index in [-0.39, 0.29) is 17.2 Å². The van der Waals surface area contributed by atoms with Gasteiger partial charge in [-0.05, 0) is 37.4 Å². The zero-order valence-corrected chi connectivity index (χ0v) is 9.19. The summed E-state index contributed by atoms with van der Waals surface area (Å²) in [6.07, 6.45) is 4.71. The number of carbonyl (C=O) groups is 1. The molecule has 80 valence electrons. The van der Waals surface area contributed by atoms with Crippen molar-refractivity contribution in [3.05, 3.63) is 0 Å². The molecule has 0 aromatic rings. The zero-order valence-electron chi connectivity index (χ0n) is 8.37. The van der Waals surface area contributed by atoms with Gasteiger partial charge in [0, 0.05) is 12.6 Å². The van der Waals surface area contributed by atoms with Crippen molar-refractivity contribution in [3.8, 4) is 0 Å². The first-order valence-corrected chi connectivity index (χ1v) is 6.47. The van der Waals surface area contributed by atoms with E-state index >= 15 is 0 Å². The highest BCUT2D eigenvalue weighted by Crippen LogP contribution is 2.31. The summed E-state index contributed by atoms with van der Waals surface area (Å²) in [7, 11) is 0. The van der Waals surface area contributed by atoms with Crippen molar-refractivity contribution < 1.29 is 4.79 Å². The molecule has 2 fully saturated rings. The fourth-order valence-electron chi connectivity index (χ4n) is 1.81. The summed E-state index contributed by atoms with van der Waals surface area (Å²) in [4.78, 5) is 11.6. The number of hydrogen-bond acceptors (Lipinski definition) is 3. The molecule has 2 atom stereocenters. The van der Waals surface area contributed by atoms with Gasteiger partial charge in [-0.1, -0.05) is 0 Å². The predicted molar refractivity (Wildman–Crippen MR) is 59.2 cm³/mol. The van der Waals surface area contributed by atoms with Crippen LogP contribution >= 0.6 is 11.8 Å². The maximum atomic E-state index is 11.6. The Morgan fingerprint density at radius 1 is 1.50 bits per heavy atom. The fourth-order valence-corrected chi connectivity index (χ4v) is 2.99. The lowest BCUT2D eigenvalue weighted by atomic mass is 10.2. The summed E-state index contributed by atoms with van der Waals surface area (Å²) in [5, 5.41) is 3.16. The molecule has 1 saturated carbocycles. The van der Waals surface area contributed by atoms with Gasteiger partial charge >= 0.3 is 0 Å². The van der Waals surface area contributed by atoms with E-state index in [9.17, 15) is 4.79 Å². The lowest BCUT2D eigenvalue weighted by Gasteiger charge is -2.14. The van der Waals surface area contributed by atoms with Crippen LogP contribution < -0.4 is 11.1 Å². The smallest absolute Gasteiger partial charge is 0.233 e. The van der Waals surface area contributed by atoms with E-state index in [1.807, 2.05) is 0 Å². The second-order valence-corrected chi connectivity index (χ2v) is 5.56. The highest BCUT2D eigenvalue weighted by Gasteiger charge is 2.29. The van der Waals surface area contributed by atoms with Gasteiger partial charge in [0.2, 0.25) is 5.91 Å². The molecule has 1 aliphatic heterocycles.